The summed E-state index contributed by atoms with van der Waals surface area (Å²) in [4.78, 5) is 14.4. The van der Waals surface area contributed by atoms with Crippen LogP contribution < -0.4 is 4.90 Å². The van der Waals surface area contributed by atoms with Gasteiger partial charge in [0.2, 0.25) is 3.79 Å². The van der Waals surface area contributed by atoms with Gasteiger partial charge in [-0.05, 0) is 30.7 Å². The van der Waals surface area contributed by atoms with Crippen LogP contribution in [0, 0.1) is 6.92 Å². The number of aromatic nitrogens is 3. The zero-order valence-electron chi connectivity index (χ0n) is 12.4. The van der Waals surface area contributed by atoms with Gasteiger partial charge in [-0.2, -0.15) is 0 Å². The Balaban J connectivity index is 2.24. The molecule has 116 valence electrons. The van der Waals surface area contributed by atoms with Crippen molar-refractivity contribution in [1.29, 1.82) is 0 Å². The van der Waals surface area contributed by atoms with Gasteiger partial charge in [0, 0.05) is 19.8 Å². The predicted octanol–water partition coefficient (Wildman–Crippen LogP) is 4.24. The maximum absolute atomic E-state index is 5.82. The minimum atomic E-state index is -1.66. The first-order valence-corrected chi connectivity index (χ1v) is 7.64. The molecule has 0 amide bonds. The molecule has 0 aliphatic heterocycles. The van der Waals surface area contributed by atoms with E-state index in [1.807, 2.05) is 49.3 Å². The van der Waals surface area contributed by atoms with Crippen molar-refractivity contribution in [3.05, 3.63) is 47.3 Å². The van der Waals surface area contributed by atoms with Crippen molar-refractivity contribution >= 4 is 52.6 Å². The average molecular weight is 358 g/mol. The number of rotatable bonds is 3. The quantitative estimate of drug-likeness (QED) is 0.770. The van der Waals surface area contributed by atoms with Crippen LogP contribution in [0.5, 0.6) is 0 Å². The van der Waals surface area contributed by atoms with Crippen LogP contribution in [0.4, 0.5) is 5.69 Å². The van der Waals surface area contributed by atoms with Gasteiger partial charge in [0.25, 0.3) is 0 Å². The van der Waals surface area contributed by atoms with Crippen molar-refractivity contribution in [3.63, 3.8) is 0 Å². The minimum absolute atomic E-state index is 0.118. The molecule has 2 rings (SSSR count). The zero-order chi connectivity index (χ0) is 16.3. The molecule has 22 heavy (non-hydrogen) atoms. The number of hydrogen-bond donors (Lipinski definition) is 0. The van der Waals surface area contributed by atoms with Gasteiger partial charge in [0.1, 0.15) is 5.82 Å². The summed E-state index contributed by atoms with van der Waals surface area (Å²) < 4.78 is -1.66. The van der Waals surface area contributed by atoms with Crippen molar-refractivity contribution in [3.8, 4) is 0 Å². The lowest BCUT2D eigenvalue weighted by Gasteiger charge is -2.11. The van der Waals surface area contributed by atoms with E-state index < -0.39 is 3.79 Å². The van der Waals surface area contributed by atoms with E-state index in [1.54, 1.807) is 13.0 Å². The van der Waals surface area contributed by atoms with E-state index in [-0.39, 0.29) is 5.82 Å². The molecule has 0 bridgehead atoms. The summed E-state index contributed by atoms with van der Waals surface area (Å²) in [5.41, 5.74) is 2.16. The molecule has 0 N–H and O–H groups in total. The summed E-state index contributed by atoms with van der Waals surface area (Å²) in [6, 6.07) is 8.08. The van der Waals surface area contributed by atoms with Crippen LogP contribution in [0.1, 0.15) is 23.0 Å². The van der Waals surface area contributed by atoms with Crippen LogP contribution in [-0.4, -0.2) is 29.0 Å². The highest BCUT2D eigenvalue weighted by molar-refractivity contribution is 6.66. The summed E-state index contributed by atoms with van der Waals surface area (Å²) in [6.07, 6.45) is 3.66. The van der Waals surface area contributed by atoms with Crippen molar-refractivity contribution in [1.82, 2.24) is 15.0 Å². The molecule has 0 aliphatic rings. The molecule has 2 aromatic rings. The lowest BCUT2D eigenvalue weighted by Crippen LogP contribution is -2.11. The van der Waals surface area contributed by atoms with E-state index in [0.717, 1.165) is 11.3 Å². The van der Waals surface area contributed by atoms with E-state index in [0.29, 0.717) is 11.6 Å². The number of benzene rings is 1. The van der Waals surface area contributed by atoms with E-state index in [1.165, 1.54) is 0 Å². The van der Waals surface area contributed by atoms with E-state index in [9.17, 15) is 0 Å². The zero-order valence-corrected chi connectivity index (χ0v) is 14.7. The van der Waals surface area contributed by atoms with Gasteiger partial charge in [-0.25, -0.2) is 15.0 Å². The van der Waals surface area contributed by atoms with Crippen LogP contribution in [0.15, 0.2) is 24.3 Å². The van der Waals surface area contributed by atoms with Crippen molar-refractivity contribution < 1.29 is 0 Å². The topological polar surface area (TPSA) is 41.9 Å². The molecular weight excluding hydrogens is 343 g/mol. The predicted molar refractivity (Wildman–Crippen MR) is 93.5 cm³/mol. The monoisotopic (exact) mass is 356 g/mol. The highest BCUT2D eigenvalue weighted by Crippen LogP contribution is 2.35. The van der Waals surface area contributed by atoms with Gasteiger partial charge in [0.05, 0.1) is 0 Å². The van der Waals surface area contributed by atoms with Crippen LogP contribution >= 0.6 is 34.8 Å². The molecule has 0 aliphatic carbocycles. The van der Waals surface area contributed by atoms with Crippen molar-refractivity contribution in [2.45, 2.75) is 10.7 Å². The first-order chi connectivity index (χ1) is 10.3. The molecule has 4 nitrogen and oxygen atoms in total. The number of aryl methyl sites for hydroxylation is 1. The summed E-state index contributed by atoms with van der Waals surface area (Å²) >= 11 is 17.4. The molecule has 1 aromatic carbocycles. The van der Waals surface area contributed by atoms with Crippen molar-refractivity contribution in [2.24, 2.45) is 0 Å². The molecule has 0 fully saturated rings. The van der Waals surface area contributed by atoms with E-state index in [2.05, 4.69) is 15.0 Å². The van der Waals surface area contributed by atoms with E-state index >= 15 is 0 Å². The summed E-state index contributed by atoms with van der Waals surface area (Å²) in [7, 11) is 3.99. The maximum Gasteiger partial charge on any atom is 0.250 e. The van der Waals surface area contributed by atoms with E-state index in [4.69, 9.17) is 34.8 Å². The molecule has 0 saturated heterocycles. The van der Waals surface area contributed by atoms with Crippen LogP contribution in [0.3, 0.4) is 0 Å². The summed E-state index contributed by atoms with van der Waals surface area (Å²) in [6.45, 7) is 1.73. The number of anilines is 1. The number of hydrogen-bond acceptors (Lipinski definition) is 4. The normalized spacial score (nSPS) is 11.9. The third-order valence-corrected chi connectivity index (χ3v) is 3.36. The van der Waals surface area contributed by atoms with Gasteiger partial charge in [-0.3, -0.25) is 0 Å². The Hall–Kier alpha value is -1.36. The minimum Gasteiger partial charge on any atom is -0.378 e. The lowest BCUT2D eigenvalue weighted by molar-refractivity contribution is 0.867. The van der Waals surface area contributed by atoms with Gasteiger partial charge in [-0.1, -0.05) is 53.0 Å². The second-order valence-corrected chi connectivity index (χ2v) is 7.16. The first-order valence-electron chi connectivity index (χ1n) is 6.51. The number of nitrogens with zero attached hydrogens (tertiary/aromatic N) is 4. The second-order valence-electron chi connectivity index (χ2n) is 4.88. The van der Waals surface area contributed by atoms with Crippen LogP contribution in [0.2, 0.25) is 0 Å². The molecule has 1 heterocycles. The Morgan fingerprint density at radius 2 is 1.59 bits per heavy atom. The van der Waals surface area contributed by atoms with Gasteiger partial charge in [-0.15, -0.1) is 0 Å². The molecule has 0 atom stereocenters. The summed E-state index contributed by atoms with van der Waals surface area (Å²) in [5, 5.41) is 0. The fraction of sp³-hybridized carbons (Fsp3) is 0.267. The SMILES string of the molecule is Cc1nc(C=Cc2ccc(N(C)C)cc2)nc(C(Cl)(Cl)Cl)n1. The van der Waals surface area contributed by atoms with Gasteiger partial charge in [0.15, 0.2) is 11.6 Å². The fourth-order valence-electron chi connectivity index (χ4n) is 1.76. The Labute approximate surface area is 144 Å². The average Bonchev–Trinajstić information content (AvgIpc) is 2.44. The third kappa shape index (κ3) is 4.57. The Kier molecular flexibility index (Phi) is 5.27. The molecular formula is C15H15Cl3N4. The van der Waals surface area contributed by atoms with Crippen LogP contribution in [-0.2, 0) is 3.79 Å². The maximum atomic E-state index is 5.82. The third-order valence-electron chi connectivity index (χ3n) is 2.85. The molecule has 1 aromatic heterocycles. The first kappa shape index (κ1) is 17.0. The Morgan fingerprint density at radius 1 is 0.955 bits per heavy atom. The molecule has 0 saturated carbocycles. The molecule has 0 radical (unpaired) electrons. The number of alkyl halides is 3. The van der Waals surface area contributed by atoms with Gasteiger partial charge >= 0.3 is 0 Å². The van der Waals surface area contributed by atoms with Crippen molar-refractivity contribution in [2.75, 3.05) is 19.0 Å². The largest absolute Gasteiger partial charge is 0.378 e. The highest BCUT2D eigenvalue weighted by atomic mass is 35.6. The molecule has 0 spiro atoms. The standard InChI is InChI=1S/C15H15Cl3N4/c1-10-19-13(21-14(20-10)15(16,17)18)9-6-11-4-7-12(8-5-11)22(2)3/h4-9H,1-3H3. The molecule has 0 unspecified atom stereocenters. The Morgan fingerprint density at radius 3 is 2.14 bits per heavy atom. The number of halogens is 3. The van der Waals surface area contributed by atoms with Gasteiger partial charge < -0.3 is 4.90 Å². The second kappa shape index (κ2) is 6.82. The summed E-state index contributed by atoms with van der Waals surface area (Å²) in [5.74, 6) is 1.07. The smallest absolute Gasteiger partial charge is 0.250 e. The Bertz CT molecular complexity index is 676. The highest BCUT2D eigenvalue weighted by Gasteiger charge is 2.27. The molecule has 7 heteroatoms. The lowest BCUT2D eigenvalue weighted by atomic mass is 10.2. The fourth-order valence-corrected chi connectivity index (χ4v) is 2.01. The van der Waals surface area contributed by atoms with Crippen LogP contribution in [0.25, 0.3) is 12.2 Å².